The SMILES string of the molecule is CCCN1CCC(CCNS(=O)(=O)c2cc(C(=O)O)c(Cl)cc2F)CC1. The molecule has 9 heteroatoms. The minimum Gasteiger partial charge on any atom is -0.478 e. The fourth-order valence-corrected chi connectivity index (χ4v) is 4.55. The standard InChI is InChI=1S/C17H24ClFN2O4S/c1-2-7-21-8-4-12(5-9-21)3-6-20-26(24,25)16-10-13(17(22)23)14(18)11-15(16)19/h10-12,20H,2-9H2,1H3,(H,22,23). The average Bonchev–Trinajstić information content (AvgIpc) is 2.56. The van der Waals surface area contributed by atoms with E-state index < -0.39 is 32.3 Å². The fraction of sp³-hybridized carbons (Fsp3) is 0.588. The Kier molecular flexibility index (Phi) is 7.40. The molecule has 0 amide bonds. The largest absolute Gasteiger partial charge is 0.478 e. The van der Waals surface area contributed by atoms with E-state index in [1.54, 1.807) is 0 Å². The number of aromatic carboxylic acids is 1. The highest BCUT2D eigenvalue weighted by molar-refractivity contribution is 7.89. The third-order valence-corrected chi connectivity index (χ3v) is 6.42. The summed E-state index contributed by atoms with van der Waals surface area (Å²) in [5, 5.41) is 8.69. The number of halogens is 2. The molecule has 1 aromatic rings. The van der Waals surface area contributed by atoms with E-state index in [0.29, 0.717) is 18.4 Å². The van der Waals surface area contributed by atoms with E-state index >= 15 is 0 Å². The van der Waals surface area contributed by atoms with Gasteiger partial charge in [-0.1, -0.05) is 18.5 Å². The lowest BCUT2D eigenvalue weighted by Crippen LogP contribution is -2.35. The van der Waals surface area contributed by atoms with Gasteiger partial charge >= 0.3 is 5.97 Å². The summed E-state index contributed by atoms with van der Waals surface area (Å²) in [7, 11) is -4.14. The van der Waals surface area contributed by atoms with Crippen molar-refractivity contribution >= 4 is 27.6 Å². The Morgan fingerprint density at radius 1 is 1.38 bits per heavy atom. The second-order valence-corrected chi connectivity index (χ2v) is 8.68. The number of sulfonamides is 1. The highest BCUT2D eigenvalue weighted by atomic mass is 35.5. The number of carboxylic acids is 1. The summed E-state index contributed by atoms with van der Waals surface area (Å²) in [6.45, 7) is 5.44. The average molecular weight is 407 g/mol. The van der Waals surface area contributed by atoms with Gasteiger partial charge in [-0.05, 0) is 63.4 Å². The number of benzene rings is 1. The maximum absolute atomic E-state index is 14.0. The monoisotopic (exact) mass is 406 g/mol. The normalized spacial score (nSPS) is 16.7. The van der Waals surface area contributed by atoms with E-state index in [9.17, 15) is 17.6 Å². The Morgan fingerprint density at radius 3 is 2.62 bits per heavy atom. The van der Waals surface area contributed by atoms with E-state index in [-0.39, 0.29) is 11.6 Å². The minimum absolute atomic E-state index is 0.186. The Balaban J connectivity index is 1.95. The number of nitrogens with zero attached hydrogens (tertiary/aromatic N) is 1. The first-order valence-electron chi connectivity index (χ1n) is 8.69. The van der Waals surface area contributed by atoms with Gasteiger partial charge in [0.1, 0.15) is 10.7 Å². The zero-order valence-electron chi connectivity index (χ0n) is 14.7. The van der Waals surface area contributed by atoms with Crippen LogP contribution in [0.3, 0.4) is 0 Å². The van der Waals surface area contributed by atoms with Gasteiger partial charge in [-0.25, -0.2) is 22.3 Å². The van der Waals surface area contributed by atoms with Crippen LogP contribution in [0.1, 0.15) is 43.0 Å². The topological polar surface area (TPSA) is 86.7 Å². The van der Waals surface area contributed by atoms with Crippen molar-refractivity contribution < 1.29 is 22.7 Å². The molecule has 2 rings (SSSR count). The number of hydrogen-bond donors (Lipinski definition) is 2. The Bertz CT molecular complexity index is 749. The van der Waals surface area contributed by atoms with Gasteiger partial charge in [-0.2, -0.15) is 0 Å². The van der Waals surface area contributed by atoms with Crippen LogP contribution >= 0.6 is 11.6 Å². The third-order valence-electron chi connectivity index (χ3n) is 4.63. The second-order valence-electron chi connectivity index (χ2n) is 6.54. The molecule has 0 atom stereocenters. The van der Waals surface area contributed by atoms with Crippen LogP contribution in [0, 0.1) is 11.7 Å². The summed E-state index contributed by atoms with van der Waals surface area (Å²) in [6, 6.07) is 1.47. The number of likely N-dealkylation sites (tertiary alicyclic amines) is 1. The van der Waals surface area contributed by atoms with Gasteiger partial charge in [0, 0.05) is 6.54 Å². The zero-order valence-corrected chi connectivity index (χ0v) is 16.2. The van der Waals surface area contributed by atoms with Crippen molar-refractivity contribution in [1.29, 1.82) is 0 Å². The van der Waals surface area contributed by atoms with Crippen LogP contribution in [-0.4, -0.2) is 50.6 Å². The van der Waals surface area contributed by atoms with E-state index in [4.69, 9.17) is 16.7 Å². The molecule has 1 saturated heterocycles. The second kappa shape index (κ2) is 9.12. The van der Waals surface area contributed by atoms with Crippen molar-refractivity contribution in [3.8, 4) is 0 Å². The molecule has 1 aliphatic heterocycles. The molecule has 1 aliphatic rings. The maximum atomic E-state index is 14.0. The van der Waals surface area contributed by atoms with Crippen molar-refractivity contribution in [1.82, 2.24) is 9.62 Å². The molecule has 0 bridgehead atoms. The van der Waals surface area contributed by atoms with Crippen LogP contribution in [0.5, 0.6) is 0 Å². The van der Waals surface area contributed by atoms with E-state index in [2.05, 4.69) is 16.5 Å². The summed E-state index contributed by atoms with van der Waals surface area (Å²) in [5.41, 5.74) is -0.447. The molecule has 1 heterocycles. The zero-order chi connectivity index (χ0) is 19.3. The van der Waals surface area contributed by atoms with E-state index in [1.807, 2.05) is 0 Å². The predicted octanol–water partition coefficient (Wildman–Crippen LogP) is 2.97. The summed E-state index contributed by atoms with van der Waals surface area (Å²) in [5.74, 6) is -2.05. The van der Waals surface area contributed by atoms with Crippen molar-refractivity contribution in [2.45, 2.75) is 37.5 Å². The van der Waals surface area contributed by atoms with Crippen LogP contribution in [-0.2, 0) is 10.0 Å². The van der Waals surface area contributed by atoms with Crippen LogP contribution in [0.25, 0.3) is 0 Å². The van der Waals surface area contributed by atoms with Crippen molar-refractivity contribution in [3.63, 3.8) is 0 Å². The number of nitrogens with one attached hydrogen (secondary N) is 1. The smallest absolute Gasteiger partial charge is 0.337 e. The molecule has 0 aliphatic carbocycles. The summed E-state index contributed by atoms with van der Waals surface area (Å²) in [4.78, 5) is 12.8. The van der Waals surface area contributed by atoms with Crippen LogP contribution < -0.4 is 4.72 Å². The lowest BCUT2D eigenvalue weighted by Gasteiger charge is -2.31. The first kappa shape index (κ1) is 21.1. The lowest BCUT2D eigenvalue weighted by atomic mass is 9.93. The highest BCUT2D eigenvalue weighted by Gasteiger charge is 2.24. The number of carbonyl (C=O) groups is 1. The third kappa shape index (κ3) is 5.39. The molecular formula is C17H24ClFN2O4S. The first-order valence-corrected chi connectivity index (χ1v) is 10.5. The Morgan fingerprint density at radius 2 is 2.04 bits per heavy atom. The van der Waals surface area contributed by atoms with Crippen molar-refractivity contribution in [2.75, 3.05) is 26.2 Å². The number of hydrogen-bond acceptors (Lipinski definition) is 4. The molecule has 146 valence electrons. The number of piperidine rings is 1. The molecule has 0 aromatic heterocycles. The summed E-state index contributed by atoms with van der Waals surface area (Å²) < 4.78 is 41.0. The van der Waals surface area contributed by atoms with Gasteiger partial charge in [0.25, 0.3) is 0 Å². The van der Waals surface area contributed by atoms with Crippen molar-refractivity contribution in [2.24, 2.45) is 5.92 Å². The molecule has 1 aromatic carbocycles. The van der Waals surface area contributed by atoms with Crippen LogP contribution in [0.2, 0.25) is 5.02 Å². The van der Waals surface area contributed by atoms with Crippen LogP contribution in [0.15, 0.2) is 17.0 Å². The fourth-order valence-electron chi connectivity index (χ4n) is 3.19. The quantitative estimate of drug-likeness (QED) is 0.693. The number of carboxylic acid groups (broad SMARTS) is 1. The van der Waals surface area contributed by atoms with Gasteiger partial charge in [0.05, 0.1) is 10.6 Å². The molecule has 2 N–H and O–H groups in total. The molecule has 26 heavy (non-hydrogen) atoms. The predicted molar refractivity (Wildman–Crippen MR) is 97.6 cm³/mol. The van der Waals surface area contributed by atoms with Gasteiger partial charge < -0.3 is 10.0 Å². The Labute approximate surface area is 158 Å². The van der Waals surface area contributed by atoms with Crippen molar-refractivity contribution in [3.05, 3.63) is 28.5 Å². The molecule has 0 unspecified atom stereocenters. The minimum atomic E-state index is -4.14. The summed E-state index contributed by atoms with van der Waals surface area (Å²) in [6.07, 6.45) is 3.82. The van der Waals surface area contributed by atoms with Crippen LogP contribution in [0.4, 0.5) is 4.39 Å². The summed E-state index contributed by atoms with van der Waals surface area (Å²) >= 11 is 5.65. The highest BCUT2D eigenvalue weighted by Crippen LogP contribution is 2.25. The van der Waals surface area contributed by atoms with Gasteiger partial charge in [-0.15, -0.1) is 0 Å². The van der Waals surface area contributed by atoms with E-state index in [0.717, 1.165) is 45.0 Å². The Hall–Kier alpha value is -1.22. The molecular weight excluding hydrogens is 383 g/mol. The van der Waals surface area contributed by atoms with Gasteiger partial charge in [-0.3, -0.25) is 0 Å². The maximum Gasteiger partial charge on any atom is 0.337 e. The first-order chi connectivity index (χ1) is 12.2. The molecule has 0 saturated carbocycles. The van der Waals surface area contributed by atoms with Gasteiger partial charge in [0.2, 0.25) is 10.0 Å². The molecule has 0 radical (unpaired) electrons. The number of rotatable bonds is 8. The molecule has 0 spiro atoms. The molecule has 1 fully saturated rings. The lowest BCUT2D eigenvalue weighted by molar-refractivity contribution is 0.0696. The van der Waals surface area contributed by atoms with E-state index in [1.165, 1.54) is 0 Å². The molecule has 6 nitrogen and oxygen atoms in total. The van der Waals surface area contributed by atoms with Gasteiger partial charge in [0.15, 0.2) is 0 Å².